The van der Waals surface area contributed by atoms with Gasteiger partial charge < -0.3 is 10.1 Å². The molecule has 1 fully saturated rings. The van der Waals surface area contributed by atoms with Crippen LogP contribution in [0.3, 0.4) is 0 Å². The van der Waals surface area contributed by atoms with Crippen LogP contribution in [0.5, 0.6) is 0 Å². The van der Waals surface area contributed by atoms with Crippen molar-refractivity contribution < 1.29 is 4.74 Å². The van der Waals surface area contributed by atoms with E-state index in [1.54, 1.807) is 0 Å². The number of nitrogens with one attached hydrogen (secondary N) is 1. The molecule has 2 atom stereocenters. The van der Waals surface area contributed by atoms with E-state index in [9.17, 15) is 0 Å². The zero-order chi connectivity index (χ0) is 14.6. The Morgan fingerprint density at radius 1 is 1.45 bits per heavy atom. The van der Waals surface area contributed by atoms with Crippen molar-refractivity contribution in [1.82, 2.24) is 15.1 Å². The second-order valence-corrected chi connectivity index (χ2v) is 5.88. The number of likely N-dealkylation sites (N-methyl/N-ethyl adjacent to an activating group) is 1. The van der Waals surface area contributed by atoms with Gasteiger partial charge in [-0.25, -0.2) is 0 Å². The molecule has 0 saturated carbocycles. The van der Waals surface area contributed by atoms with Crippen LogP contribution in [0.1, 0.15) is 51.9 Å². The molecule has 1 aliphatic rings. The first-order valence-corrected chi connectivity index (χ1v) is 8.05. The van der Waals surface area contributed by atoms with Crippen LogP contribution >= 0.6 is 0 Å². The van der Waals surface area contributed by atoms with Gasteiger partial charge >= 0.3 is 0 Å². The molecule has 1 N–H and O–H groups in total. The highest BCUT2D eigenvalue weighted by molar-refractivity contribution is 5.13. The smallest absolute Gasteiger partial charge is 0.0811 e. The maximum absolute atomic E-state index is 6.04. The second-order valence-electron chi connectivity index (χ2n) is 5.88. The summed E-state index contributed by atoms with van der Waals surface area (Å²) in [6.45, 7) is 11.5. The van der Waals surface area contributed by atoms with Crippen molar-refractivity contribution in [2.75, 3.05) is 13.2 Å². The molecule has 114 valence electrons. The molecule has 0 radical (unpaired) electrons. The second kappa shape index (κ2) is 6.72. The zero-order valence-corrected chi connectivity index (χ0v) is 13.4. The number of ether oxygens (including phenoxy) is 1. The summed E-state index contributed by atoms with van der Waals surface area (Å²) in [5, 5.41) is 8.28. The highest BCUT2D eigenvalue weighted by Crippen LogP contribution is 2.30. The summed E-state index contributed by atoms with van der Waals surface area (Å²) in [7, 11) is 0. The normalized spacial score (nSPS) is 24.2. The van der Waals surface area contributed by atoms with Gasteiger partial charge in [0.25, 0.3) is 0 Å². The quantitative estimate of drug-likeness (QED) is 0.833. The molecule has 20 heavy (non-hydrogen) atoms. The Bertz CT molecular complexity index is 421. The molecular formula is C16H29N3O. The van der Waals surface area contributed by atoms with Gasteiger partial charge in [0.05, 0.1) is 11.3 Å². The van der Waals surface area contributed by atoms with Crippen molar-refractivity contribution in [2.24, 2.45) is 0 Å². The fourth-order valence-corrected chi connectivity index (χ4v) is 3.16. The van der Waals surface area contributed by atoms with Gasteiger partial charge in [-0.15, -0.1) is 0 Å². The number of hydrogen-bond acceptors (Lipinski definition) is 3. The van der Waals surface area contributed by atoms with E-state index in [2.05, 4.69) is 48.9 Å². The summed E-state index contributed by atoms with van der Waals surface area (Å²) in [6.07, 6.45) is 4.31. The van der Waals surface area contributed by atoms with Crippen molar-refractivity contribution in [2.45, 2.75) is 71.6 Å². The van der Waals surface area contributed by atoms with Crippen LogP contribution < -0.4 is 5.32 Å². The molecule has 0 spiro atoms. The van der Waals surface area contributed by atoms with Crippen LogP contribution in [0.4, 0.5) is 0 Å². The molecule has 0 aliphatic carbocycles. The summed E-state index contributed by atoms with van der Waals surface area (Å²) >= 11 is 0. The van der Waals surface area contributed by atoms with Crippen molar-refractivity contribution in [1.29, 1.82) is 0 Å². The maximum atomic E-state index is 6.04. The van der Waals surface area contributed by atoms with Gasteiger partial charge in [-0.1, -0.05) is 13.8 Å². The summed E-state index contributed by atoms with van der Waals surface area (Å²) in [5.41, 5.74) is 2.48. The van der Waals surface area contributed by atoms with Crippen molar-refractivity contribution in [3.63, 3.8) is 0 Å². The number of nitrogens with zero attached hydrogens (tertiary/aromatic N) is 2. The van der Waals surface area contributed by atoms with Crippen molar-refractivity contribution >= 4 is 0 Å². The summed E-state index contributed by atoms with van der Waals surface area (Å²) in [4.78, 5) is 0. The summed E-state index contributed by atoms with van der Waals surface area (Å²) in [6, 6.07) is 2.62. The maximum Gasteiger partial charge on any atom is 0.0811 e. The van der Waals surface area contributed by atoms with Gasteiger partial charge in [0, 0.05) is 31.3 Å². The number of rotatable bonds is 7. The van der Waals surface area contributed by atoms with E-state index < -0.39 is 0 Å². The van der Waals surface area contributed by atoms with Crippen LogP contribution in [0.2, 0.25) is 0 Å². The lowest BCUT2D eigenvalue weighted by Gasteiger charge is -2.34. The molecule has 1 saturated heterocycles. The van der Waals surface area contributed by atoms with Gasteiger partial charge in [0.1, 0.15) is 0 Å². The van der Waals surface area contributed by atoms with Gasteiger partial charge in [0.15, 0.2) is 0 Å². The molecule has 0 bridgehead atoms. The van der Waals surface area contributed by atoms with Gasteiger partial charge in [-0.3, -0.25) is 4.68 Å². The average Bonchev–Trinajstić information content (AvgIpc) is 3.05. The van der Waals surface area contributed by atoms with Crippen LogP contribution in [0, 0.1) is 0 Å². The third-order valence-corrected chi connectivity index (χ3v) is 4.43. The van der Waals surface area contributed by atoms with E-state index in [1.165, 1.54) is 17.8 Å². The predicted molar refractivity (Wildman–Crippen MR) is 82.0 cm³/mol. The minimum Gasteiger partial charge on any atom is -0.374 e. The van der Waals surface area contributed by atoms with Crippen molar-refractivity contribution in [3.8, 4) is 0 Å². The Labute approximate surface area is 122 Å². The van der Waals surface area contributed by atoms with Crippen LogP contribution in [0.25, 0.3) is 0 Å². The molecule has 2 unspecified atom stereocenters. The SMILES string of the molecule is CCNC(Cc1cc(CC)nn1CC)C1(C)CCCO1. The molecule has 2 heterocycles. The monoisotopic (exact) mass is 279 g/mol. The minimum atomic E-state index is -0.0365. The van der Waals surface area contributed by atoms with E-state index in [0.29, 0.717) is 6.04 Å². The lowest BCUT2D eigenvalue weighted by Crippen LogP contribution is -2.50. The molecule has 0 aromatic carbocycles. The van der Waals surface area contributed by atoms with E-state index in [0.717, 1.165) is 39.0 Å². The molecular weight excluding hydrogens is 250 g/mol. The summed E-state index contributed by atoms with van der Waals surface area (Å²) < 4.78 is 8.18. The fourth-order valence-electron chi connectivity index (χ4n) is 3.16. The predicted octanol–water partition coefficient (Wildman–Crippen LogP) is 2.56. The molecule has 4 nitrogen and oxygen atoms in total. The zero-order valence-electron chi connectivity index (χ0n) is 13.4. The van der Waals surface area contributed by atoms with Gasteiger partial charge in [-0.05, 0) is 45.7 Å². The Morgan fingerprint density at radius 2 is 2.25 bits per heavy atom. The van der Waals surface area contributed by atoms with E-state index in [1.807, 2.05) is 0 Å². The molecule has 4 heteroatoms. The molecule has 1 aromatic heterocycles. The van der Waals surface area contributed by atoms with Crippen LogP contribution in [0.15, 0.2) is 6.07 Å². The molecule has 0 amide bonds. The molecule has 1 aromatic rings. The Kier molecular flexibility index (Phi) is 5.22. The minimum absolute atomic E-state index is 0.0365. The first-order valence-electron chi connectivity index (χ1n) is 8.05. The largest absolute Gasteiger partial charge is 0.374 e. The van der Waals surface area contributed by atoms with E-state index in [-0.39, 0.29) is 5.60 Å². The first kappa shape index (κ1) is 15.5. The highest BCUT2D eigenvalue weighted by Gasteiger charge is 2.38. The highest BCUT2D eigenvalue weighted by atomic mass is 16.5. The van der Waals surface area contributed by atoms with Crippen LogP contribution in [-0.2, 0) is 24.1 Å². The van der Waals surface area contributed by atoms with E-state index >= 15 is 0 Å². The lowest BCUT2D eigenvalue weighted by molar-refractivity contribution is -0.0115. The number of aromatic nitrogens is 2. The first-order chi connectivity index (χ1) is 9.62. The van der Waals surface area contributed by atoms with Crippen LogP contribution in [-0.4, -0.2) is 34.6 Å². The number of aryl methyl sites for hydroxylation is 2. The molecule has 1 aliphatic heterocycles. The standard InChI is InChI=1S/C16H29N3O/c1-5-13-11-14(19(7-3)18-13)12-15(17-6-2)16(4)9-8-10-20-16/h11,15,17H,5-10,12H2,1-4H3. The Morgan fingerprint density at radius 3 is 2.80 bits per heavy atom. The van der Waals surface area contributed by atoms with E-state index in [4.69, 9.17) is 4.74 Å². The lowest BCUT2D eigenvalue weighted by atomic mass is 9.89. The third-order valence-electron chi connectivity index (χ3n) is 4.43. The Hall–Kier alpha value is -0.870. The average molecular weight is 279 g/mol. The van der Waals surface area contributed by atoms with Crippen molar-refractivity contribution in [3.05, 3.63) is 17.5 Å². The van der Waals surface area contributed by atoms with Gasteiger partial charge in [0.2, 0.25) is 0 Å². The summed E-state index contributed by atoms with van der Waals surface area (Å²) in [5.74, 6) is 0. The Balaban J connectivity index is 2.17. The topological polar surface area (TPSA) is 39.1 Å². The third kappa shape index (κ3) is 3.23. The number of hydrogen-bond donors (Lipinski definition) is 1. The van der Waals surface area contributed by atoms with Gasteiger partial charge in [-0.2, -0.15) is 5.10 Å². The molecule has 2 rings (SSSR count). The fraction of sp³-hybridized carbons (Fsp3) is 0.812.